The Morgan fingerprint density at radius 2 is 1.48 bits per heavy atom. The quantitative estimate of drug-likeness (QED) is 0.548. The maximum Gasteiger partial charge on any atom is 0.182 e. The topological polar surface area (TPSA) is 20.3 Å². The zero-order chi connectivity index (χ0) is 17.4. The van der Waals surface area contributed by atoms with Crippen molar-refractivity contribution in [1.29, 1.82) is 0 Å². The van der Waals surface area contributed by atoms with Gasteiger partial charge < -0.3 is 0 Å². The van der Waals surface area contributed by atoms with Gasteiger partial charge in [0.1, 0.15) is 0 Å². The minimum absolute atomic E-state index is 0.238. The largest absolute Gasteiger partial charge is 0.292 e. The number of fused-ring (bicyclic) bond motifs is 2. The van der Waals surface area contributed by atoms with Gasteiger partial charge in [0.15, 0.2) is 5.78 Å². The minimum Gasteiger partial charge on any atom is -0.292 e. The molecule has 25 heavy (non-hydrogen) atoms. The van der Waals surface area contributed by atoms with Crippen molar-refractivity contribution in [3.63, 3.8) is 0 Å². The van der Waals surface area contributed by atoms with E-state index in [0.29, 0.717) is 0 Å². The molecule has 0 unspecified atom stereocenters. The van der Waals surface area contributed by atoms with Crippen LogP contribution in [0.1, 0.15) is 43.5 Å². The SMILES string of the molecule is CC(C)(C(=O)c1ccc2c(c1)Sc1ccccc1S2)N1CCCCC1. The van der Waals surface area contributed by atoms with Gasteiger partial charge in [-0.1, -0.05) is 48.1 Å². The molecule has 2 aliphatic heterocycles. The first-order chi connectivity index (χ1) is 12.1. The number of piperidine rings is 1. The van der Waals surface area contributed by atoms with Gasteiger partial charge in [-0.25, -0.2) is 0 Å². The number of nitrogens with zero attached hydrogens (tertiary/aromatic N) is 1. The van der Waals surface area contributed by atoms with E-state index < -0.39 is 5.54 Å². The van der Waals surface area contributed by atoms with Crippen LogP contribution < -0.4 is 0 Å². The molecule has 0 aliphatic carbocycles. The number of ketones is 1. The van der Waals surface area contributed by atoms with Crippen molar-refractivity contribution in [2.75, 3.05) is 13.1 Å². The Hall–Kier alpha value is -1.23. The maximum atomic E-state index is 13.2. The molecule has 2 heterocycles. The van der Waals surface area contributed by atoms with Gasteiger partial charge in [-0.05, 0) is 64.0 Å². The van der Waals surface area contributed by atoms with E-state index in [4.69, 9.17) is 0 Å². The third-order valence-electron chi connectivity index (χ3n) is 5.20. The number of likely N-dealkylation sites (tertiary alicyclic amines) is 1. The smallest absolute Gasteiger partial charge is 0.182 e. The lowest BCUT2D eigenvalue weighted by atomic mass is 9.89. The lowest BCUT2D eigenvalue weighted by Crippen LogP contribution is -2.52. The van der Waals surface area contributed by atoms with Crippen LogP contribution >= 0.6 is 23.5 Å². The van der Waals surface area contributed by atoms with E-state index in [-0.39, 0.29) is 5.78 Å². The molecule has 2 nitrogen and oxygen atoms in total. The fourth-order valence-corrected chi connectivity index (χ4v) is 5.87. The number of rotatable bonds is 3. The molecule has 4 rings (SSSR count). The molecule has 0 atom stereocenters. The van der Waals surface area contributed by atoms with Crippen LogP contribution in [0.3, 0.4) is 0 Å². The van der Waals surface area contributed by atoms with E-state index >= 15 is 0 Å². The van der Waals surface area contributed by atoms with Crippen molar-refractivity contribution in [3.05, 3.63) is 48.0 Å². The zero-order valence-corrected chi connectivity index (χ0v) is 16.4. The number of hydrogen-bond donors (Lipinski definition) is 0. The summed E-state index contributed by atoms with van der Waals surface area (Å²) >= 11 is 3.57. The highest BCUT2D eigenvalue weighted by Gasteiger charge is 2.36. The van der Waals surface area contributed by atoms with Crippen molar-refractivity contribution in [2.45, 2.75) is 58.2 Å². The molecule has 1 fully saturated rings. The lowest BCUT2D eigenvalue weighted by molar-refractivity contribution is 0.0579. The van der Waals surface area contributed by atoms with E-state index in [2.05, 4.69) is 55.1 Å². The Kier molecular flexibility index (Phi) is 4.69. The van der Waals surface area contributed by atoms with Crippen LogP contribution in [0, 0.1) is 0 Å². The third kappa shape index (κ3) is 3.27. The first kappa shape index (κ1) is 17.2. The summed E-state index contributed by atoms with van der Waals surface area (Å²) in [5, 5.41) is 0. The molecule has 2 aliphatic rings. The predicted octanol–water partition coefficient (Wildman–Crippen LogP) is 5.75. The number of carbonyl (C=O) groups is 1. The summed E-state index contributed by atoms with van der Waals surface area (Å²) in [5.74, 6) is 0.238. The van der Waals surface area contributed by atoms with E-state index in [9.17, 15) is 4.79 Å². The molecule has 130 valence electrons. The summed E-state index contributed by atoms with van der Waals surface area (Å²) in [7, 11) is 0. The highest BCUT2D eigenvalue weighted by Crippen LogP contribution is 2.48. The molecule has 2 aromatic rings. The van der Waals surface area contributed by atoms with Crippen molar-refractivity contribution in [2.24, 2.45) is 0 Å². The molecular weight excluding hydrogens is 346 g/mol. The summed E-state index contributed by atoms with van der Waals surface area (Å²) < 4.78 is 0. The minimum atomic E-state index is -0.432. The summed E-state index contributed by atoms with van der Waals surface area (Å²) in [6, 6.07) is 14.7. The standard InChI is InChI=1S/C21H23NOS2/c1-21(2,22-12-6-3-7-13-22)20(23)15-10-11-18-19(14-15)25-17-9-5-4-8-16(17)24-18/h4-5,8-11,14H,3,6-7,12-13H2,1-2H3. The average Bonchev–Trinajstić information content (AvgIpc) is 2.66. The molecule has 0 aromatic heterocycles. The summed E-state index contributed by atoms with van der Waals surface area (Å²) in [5.41, 5.74) is 0.403. The molecule has 0 saturated carbocycles. The van der Waals surface area contributed by atoms with E-state index in [1.807, 2.05) is 6.07 Å². The number of benzene rings is 2. The molecule has 0 amide bonds. The number of carbonyl (C=O) groups excluding carboxylic acids is 1. The van der Waals surface area contributed by atoms with Crippen molar-refractivity contribution < 1.29 is 4.79 Å². The summed E-state index contributed by atoms with van der Waals surface area (Å²) in [4.78, 5) is 20.6. The number of hydrogen-bond acceptors (Lipinski definition) is 4. The van der Waals surface area contributed by atoms with Gasteiger partial charge in [-0.3, -0.25) is 9.69 Å². The normalized spacial score (nSPS) is 17.7. The average molecular weight is 370 g/mol. The second-order valence-corrected chi connectivity index (χ2v) is 9.42. The molecule has 2 aromatic carbocycles. The second-order valence-electron chi connectivity index (χ2n) is 7.25. The van der Waals surface area contributed by atoms with Crippen LogP contribution in [-0.2, 0) is 0 Å². The number of Topliss-reactive ketones (excluding diaryl/α,β-unsaturated/α-hetero) is 1. The van der Waals surface area contributed by atoms with Gasteiger partial charge >= 0.3 is 0 Å². The lowest BCUT2D eigenvalue weighted by Gasteiger charge is -2.39. The predicted molar refractivity (Wildman–Crippen MR) is 105 cm³/mol. The summed E-state index contributed by atoms with van der Waals surface area (Å²) in [6.45, 7) is 6.22. The van der Waals surface area contributed by atoms with Crippen molar-refractivity contribution >= 4 is 29.3 Å². The monoisotopic (exact) mass is 369 g/mol. The first-order valence-electron chi connectivity index (χ1n) is 8.94. The summed E-state index contributed by atoms with van der Waals surface area (Å²) in [6.07, 6.45) is 3.68. The van der Waals surface area contributed by atoms with Crippen LogP contribution in [-0.4, -0.2) is 29.3 Å². The van der Waals surface area contributed by atoms with Gasteiger partial charge in [-0.2, -0.15) is 0 Å². The van der Waals surface area contributed by atoms with Crippen LogP contribution in [0.25, 0.3) is 0 Å². The van der Waals surface area contributed by atoms with Crippen LogP contribution in [0.15, 0.2) is 62.0 Å². The fraction of sp³-hybridized carbons (Fsp3) is 0.381. The van der Waals surface area contributed by atoms with Crippen LogP contribution in [0.4, 0.5) is 0 Å². The Labute approximate surface area is 158 Å². The van der Waals surface area contributed by atoms with Gasteiger partial charge in [-0.15, -0.1) is 0 Å². The highest BCUT2D eigenvalue weighted by molar-refractivity contribution is 8.05. The van der Waals surface area contributed by atoms with E-state index in [1.54, 1.807) is 23.5 Å². The maximum absolute atomic E-state index is 13.2. The van der Waals surface area contributed by atoms with Gasteiger partial charge in [0, 0.05) is 25.1 Å². The molecule has 0 spiro atoms. The molecule has 0 radical (unpaired) electrons. The van der Waals surface area contributed by atoms with Gasteiger partial charge in [0.05, 0.1) is 5.54 Å². The third-order valence-corrected chi connectivity index (χ3v) is 7.74. The Balaban J connectivity index is 1.61. The highest BCUT2D eigenvalue weighted by atomic mass is 32.2. The Morgan fingerprint density at radius 1 is 0.880 bits per heavy atom. The van der Waals surface area contributed by atoms with Crippen LogP contribution in [0.2, 0.25) is 0 Å². The molecule has 0 bridgehead atoms. The molecule has 0 N–H and O–H groups in total. The van der Waals surface area contributed by atoms with E-state index in [1.165, 1.54) is 38.8 Å². The zero-order valence-electron chi connectivity index (χ0n) is 14.7. The van der Waals surface area contributed by atoms with Gasteiger partial charge in [0.25, 0.3) is 0 Å². The molecule has 1 saturated heterocycles. The van der Waals surface area contributed by atoms with Crippen molar-refractivity contribution in [1.82, 2.24) is 4.90 Å². The molecule has 4 heteroatoms. The van der Waals surface area contributed by atoms with Crippen LogP contribution in [0.5, 0.6) is 0 Å². The van der Waals surface area contributed by atoms with Gasteiger partial charge in [0.2, 0.25) is 0 Å². The first-order valence-corrected chi connectivity index (χ1v) is 10.6. The second kappa shape index (κ2) is 6.82. The molecular formula is C21H23NOS2. The fourth-order valence-electron chi connectivity index (χ4n) is 3.62. The van der Waals surface area contributed by atoms with Crippen molar-refractivity contribution in [3.8, 4) is 0 Å². The van der Waals surface area contributed by atoms with E-state index in [0.717, 1.165) is 18.7 Å². The Bertz CT molecular complexity index is 809. The Morgan fingerprint density at radius 3 is 2.16 bits per heavy atom.